The second-order valence-electron chi connectivity index (χ2n) is 6.30. The van der Waals surface area contributed by atoms with Crippen molar-refractivity contribution < 1.29 is 13.2 Å². The lowest BCUT2D eigenvalue weighted by Gasteiger charge is -2.22. The molecule has 0 bridgehead atoms. The number of nitrogens with one attached hydrogen (secondary N) is 1. The van der Waals surface area contributed by atoms with E-state index in [0.717, 1.165) is 27.0 Å². The summed E-state index contributed by atoms with van der Waals surface area (Å²) in [6, 6.07) is 15.4. The summed E-state index contributed by atoms with van der Waals surface area (Å²) in [6.07, 6.45) is 3.04. The standard InChI is InChI=1S/C20H26N2O3S3/c1-16-7-4-5-8-17(16)15-27-12-11-21-20(23)14-22(28(3,24)25)18-9-6-10-19(13-18)26-2/h4-10,13H,11-12,14-15H2,1-3H3,(H,21,23). The molecule has 0 atom stereocenters. The second kappa shape index (κ2) is 10.8. The summed E-state index contributed by atoms with van der Waals surface area (Å²) in [7, 11) is -3.56. The fourth-order valence-electron chi connectivity index (χ4n) is 2.57. The zero-order valence-corrected chi connectivity index (χ0v) is 18.8. The van der Waals surface area contributed by atoms with Crippen LogP contribution in [0.4, 0.5) is 5.69 Å². The van der Waals surface area contributed by atoms with Crippen molar-refractivity contribution >= 4 is 45.1 Å². The van der Waals surface area contributed by atoms with Gasteiger partial charge in [-0.15, -0.1) is 11.8 Å². The third-order valence-corrected chi connectivity index (χ3v) is 6.99. The molecule has 0 spiro atoms. The summed E-state index contributed by atoms with van der Waals surface area (Å²) in [5.41, 5.74) is 3.05. The molecule has 2 rings (SSSR count). The van der Waals surface area contributed by atoms with Gasteiger partial charge in [0.15, 0.2) is 0 Å². The average molecular weight is 439 g/mol. The number of benzene rings is 2. The number of hydrogen-bond donors (Lipinski definition) is 1. The van der Waals surface area contributed by atoms with Gasteiger partial charge in [-0.1, -0.05) is 30.3 Å². The van der Waals surface area contributed by atoms with Crippen LogP contribution in [0.3, 0.4) is 0 Å². The highest BCUT2D eigenvalue weighted by molar-refractivity contribution is 7.98. The van der Waals surface area contributed by atoms with Crippen molar-refractivity contribution in [3.63, 3.8) is 0 Å². The van der Waals surface area contributed by atoms with Crippen molar-refractivity contribution in [2.75, 3.05) is 35.7 Å². The Balaban J connectivity index is 1.86. The summed E-state index contributed by atoms with van der Waals surface area (Å²) in [4.78, 5) is 13.2. The van der Waals surface area contributed by atoms with E-state index in [1.54, 1.807) is 30.0 Å². The molecule has 5 nitrogen and oxygen atoms in total. The number of sulfonamides is 1. The normalized spacial score (nSPS) is 11.2. The molecule has 2 aromatic carbocycles. The van der Waals surface area contributed by atoms with Crippen molar-refractivity contribution in [2.24, 2.45) is 0 Å². The smallest absolute Gasteiger partial charge is 0.240 e. The van der Waals surface area contributed by atoms with Crippen LogP contribution in [0.1, 0.15) is 11.1 Å². The number of anilines is 1. The van der Waals surface area contributed by atoms with Crippen LogP contribution < -0.4 is 9.62 Å². The van der Waals surface area contributed by atoms with E-state index in [4.69, 9.17) is 0 Å². The number of rotatable bonds is 10. The molecule has 0 saturated heterocycles. The molecule has 0 aliphatic heterocycles. The van der Waals surface area contributed by atoms with E-state index >= 15 is 0 Å². The molecule has 0 unspecified atom stereocenters. The molecule has 0 fully saturated rings. The molecule has 0 aliphatic carbocycles. The fourth-order valence-corrected chi connectivity index (χ4v) is 4.80. The first kappa shape index (κ1) is 22.6. The zero-order valence-electron chi connectivity index (χ0n) is 16.3. The highest BCUT2D eigenvalue weighted by Gasteiger charge is 2.20. The Morgan fingerprint density at radius 2 is 1.89 bits per heavy atom. The Bertz CT molecular complexity index is 901. The van der Waals surface area contributed by atoms with Crippen molar-refractivity contribution in [2.45, 2.75) is 17.6 Å². The van der Waals surface area contributed by atoms with Crippen LogP contribution in [0.15, 0.2) is 53.4 Å². The number of thioether (sulfide) groups is 2. The SMILES string of the molecule is CSc1cccc(N(CC(=O)NCCSCc2ccccc2C)S(C)(=O)=O)c1. The fraction of sp³-hybridized carbons (Fsp3) is 0.350. The minimum atomic E-state index is -3.56. The van der Waals surface area contributed by atoms with Crippen LogP contribution in [0.2, 0.25) is 0 Å². The number of carbonyl (C=O) groups excluding carboxylic acids is 1. The Morgan fingerprint density at radius 3 is 2.57 bits per heavy atom. The molecule has 2 aromatic rings. The summed E-state index contributed by atoms with van der Waals surface area (Å²) in [6.45, 7) is 2.36. The predicted molar refractivity (Wildman–Crippen MR) is 121 cm³/mol. The first-order chi connectivity index (χ1) is 13.3. The van der Waals surface area contributed by atoms with Gasteiger partial charge in [0, 0.05) is 22.9 Å². The number of nitrogens with zero attached hydrogens (tertiary/aromatic N) is 1. The predicted octanol–water partition coefficient (Wildman–Crippen LogP) is 3.53. The molecule has 28 heavy (non-hydrogen) atoms. The largest absolute Gasteiger partial charge is 0.354 e. The Hall–Kier alpha value is -1.64. The number of hydrogen-bond acceptors (Lipinski definition) is 5. The van der Waals surface area contributed by atoms with E-state index in [9.17, 15) is 13.2 Å². The topological polar surface area (TPSA) is 66.5 Å². The van der Waals surface area contributed by atoms with Gasteiger partial charge in [-0.25, -0.2) is 8.42 Å². The van der Waals surface area contributed by atoms with Crippen molar-refractivity contribution in [1.82, 2.24) is 5.32 Å². The third-order valence-electron chi connectivity index (χ3n) is 4.12. The lowest BCUT2D eigenvalue weighted by atomic mass is 10.1. The number of amides is 1. The first-order valence-electron chi connectivity index (χ1n) is 8.82. The maximum atomic E-state index is 12.3. The van der Waals surface area contributed by atoms with E-state index in [2.05, 4.69) is 24.4 Å². The molecular weight excluding hydrogens is 412 g/mol. The molecule has 8 heteroatoms. The number of carbonyl (C=O) groups is 1. The average Bonchev–Trinajstić information content (AvgIpc) is 2.66. The molecule has 152 valence electrons. The summed E-state index contributed by atoms with van der Waals surface area (Å²) >= 11 is 3.26. The van der Waals surface area contributed by atoms with Crippen LogP contribution in [-0.4, -0.2) is 45.7 Å². The van der Waals surface area contributed by atoms with E-state index in [1.807, 2.05) is 24.5 Å². The van der Waals surface area contributed by atoms with Crippen molar-refractivity contribution in [3.05, 3.63) is 59.7 Å². The Kier molecular flexibility index (Phi) is 8.72. The summed E-state index contributed by atoms with van der Waals surface area (Å²) in [5, 5.41) is 2.81. The van der Waals surface area contributed by atoms with Gasteiger partial charge in [-0.05, 0) is 42.5 Å². The van der Waals surface area contributed by atoms with E-state index in [0.29, 0.717) is 12.2 Å². The lowest BCUT2D eigenvalue weighted by Crippen LogP contribution is -2.41. The van der Waals surface area contributed by atoms with Gasteiger partial charge in [0.25, 0.3) is 0 Å². The molecule has 0 heterocycles. The highest BCUT2D eigenvalue weighted by atomic mass is 32.2. The number of aryl methyl sites for hydroxylation is 1. The monoisotopic (exact) mass is 438 g/mol. The molecule has 1 N–H and O–H groups in total. The highest BCUT2D eigenvalue weighted by Crippen LogP contribution is 2.23. The van der Waals surface area contributed by atoms with E-state index in [-0.39, 0.29) is 12.5 Å². The first-order valence-corrected chi connectivity index (χ1v) is 13.0. The maximum Gasteiger partial charge on any atom is 0.240 e. The Morgan fingerprint density at radius 1 is 1.14 bits per heavy atom. The quantitative estimate of drug-likeness (QED) is 0.454. The zero-order chi connectivity index (χ0) is 20.6. The molecule has 0 aromatic heterocycles. The second-order valence-corrected chi connectivity index (χ2v) is 10.2. The van der Waals surface area contributed by atoms with Crippen LogP contribution in [-0.2, 0) is 20.6 Å². The molecular formula is C20H26N2O3S3. The van der Waals surface area contributed by atoms with Gasteiger partial charge in [-0.3, -0.25) is 9.10 Å². The van der Waals surface area contributed by atoms with Crippen LogP contribution >= 0.6 is 23.5 Å². The van der Waals surface area contributed by atoms with Gasteiger partial charge >= 0.3 is 0 Å². The van der Waals surface area contributed by atoms with Crippen LogP contribution in [0.25, 0.3) is 0 Å². The molecule has 1 amide bonds. The Labute approximate surface area is 176 Å². The van der Waals surface area contributed by atoms with Gasteiger partial charge in [-0.2, -0.15) is 11.8 Å². The minimum Gasteiger partial charge on any atom is -0.354 e. The van der Waals surface area contributed by atoms with Crippen LogP contribution in [0, 0.1) is 6.92 Å². The molecule has 0 aliphatic rings. The summed E-state index contributed by atoms with van der Waals surface area (Å²) in [5.74, 6) is 1.34. The summed E-state index contributed by atoms with van der Waals surface area (Å²) < 4.78 is 25.5. The van der Waals surface area contributed by atoms with Crippen molar-refractivity contribution in [3.8, 4) is 0 Å². The van der Waals surface area contributed by atoms with Gasteiger partial charge in [0.05, 0.1) is 11.9 Å². The maximum absolute atomic E-state index is 12.3. The van der Waals surface area contributed by atoms with Gasteiger partial charge < -0.3 is 5.32 Å². The minimum absolute atomic E-state index is 0.223. The van der Waals surface area contributed by atoms with E-state index in [1.165, 1.54) is 22.9 Å². The van der Waals surface area contributed by atoms with Crippen LogP contribution in [0.5, 0.6) is 0 Å². The van der Waals surface area contributed by atoms with E-state index < -0.39 is 10.0 Å². The lowest BCUT2D eigenvalue weighted by molar-refractivity contribution is -0.119. The van der Waals surface area contributed by atoms with Gasteiger partial charge in [0.2, 0.25) is 15.9 Å². The van der Waals surface area contributed by atoms with Gasteiger partial charge in [0.1, 0.15) is 6.54 Å². The molecule has 0 saturated carbocycles. The third kappa shape index (κ3) is 7.07. The van der Waals surface area contributed by atoms with Crippen molar-refractivity contribution in [1.29, 1.82) is 0 Å². The molecule has 0 radical (unpaired) electrons.